The van der Waals surface area contributed by atoms with E-state index in [4.69, 9.17) is 16.3 Å². The van der Waals surface area contributed by atoms with Crippen LogP contribution in [0.25, 0.3) is 0 Å². The summed E-state index contributed by atoms with van der Waals surface area (Å²) in [7, 11) is 0. The zero-order valence-corrected chi connectivity index (χ0v) is 25.1. The van der Waals surface area contributed by atoms with E-state index in [9.17, 15) is 19.8 Å². The number of nitrogens with one attached hydrogen (secondary N) is 1. The lowest BCUT2D eigenvalue weighted by Crippen LogP contribution is -2.63. The van der Waals surface area contributed by atoms with Gasteiger partial charge in [-0.3, -0.25) is 4.79 Å². The first-order valence-corrected chi connectivity index (χ1v) is 15.1. The Morgan fingerprint density at radius 2 is 1.88 bits per heavy atom. The van der Waals surface area contributed by atoms with Gasteiger partial charge < -0.3 is 20.3 Å². The molecule has 3 N–H and O–H groups in total. The predicted molar refractivity (Wildman–Crippen MR) is 155 cm³/mol. The molecule has 6 nitrogen and oxygen atoms in total. The van der Waals surface area contributed by atoms with Crippen LogP contribution in [0.5, 0.6) is 0 Å². The van der Waals surface area contributed by atoms with Crippen LogP contribution in [0.2, 0.25) is 5.02 Å². The van der Waals surface area contributed by atoms with Crippen molar-refractivity contribution >= 4 is 23.5 Å². The third kappa shape index (κ3) is 4.84. The number of carbonyl (C=O) groups excluding carboxylic acids is 2. The third-order valence-electron chi connectivity index (χ3n) is 10.9. The minimum atomic E-state index is -1.74. The van der Waals surface area contributed by atoms with Crippen LogP contribution in [0.15, 0.2) is 48.1 Å². The molecule has 4 aliphatic rings. The van der Waals surface area contributed by atoms with E-state index in [2.05, 4.69) is 45.7 Å². The molecule has 1 saturated heterocycles. The molecule has 5 rings (SSSR count). The van der Waals surface area contributed by atoms with Crippen LogP contribution in [-0.2, 0) is 20.7 Å². The number of hydrogen-bond donors (Lipinski definition) is 3. The first kappa shape index (κ1) is 29.3. The maximum atomic E-state index is 13.2. The molecule has 0 radical (unpaired) electrons. The molecule has 0 spiro atoms. The fourth-order valence-corrected chi connectivity index (χ4v) is 9.02. The molecule has 3 fully saturated rings. The SMILES string of the molecule is C=C1C2CC3C(C(C)C)C(NC(=O)Cc4ccc(Cl)cc4)CC3(C)CC2/C(C)=C\CC2C(C)OC(=O)C(O)C12O. The molecule has 1 aliphatic heterocycles. The summed E-state index contributed by atoms with van der Waals surface area (Å²) in [5.74, 6) is -0.263. The van der Waals surface area contributed by atoms with E-state index in [1.54, 1.807) is 6.92 Å². The van der Waals surface area contributed by atoms with E-state index in [1.165, 1.54) is 5.57 Å². The molecule has 0 aromatic heterocycles. The summed E-state index contributed by atoms with van der Waals surface area (Å²) >= 11 is 6.02. The Hall–Kier alpha value is -2.15. The number of fused-ring (bicyclic) bond motifs is 3. The van der Waals surface area contributed by atoms with E-state index in [1.807, 2.05) is 24.3 Å². The van der Waals surface area contributed by atoms with Crippen molar-refractivity contribution in [3.8, 4) is 0 Å². The average Bonchev–Trinajstić information content (AvgIpc) is 3.17. The molecule has 1 aromatic rings. The summed E-state index contributed by atoms with van der Waals surface area (Å²) in [5, 5.41) is 27.1. The van der Waals surface area contributed by atoms with Crippen LogP contribution >= 0.6 is 11.6 Å². The number of aliphatic hydroxyl groups is 2. The number of rotatable bonds is 4. The second-order valence-electron chi connectivity index (χ2n) is 13.6. The molecule has 1 amide bonds. The average molecular weight is 570 g/mol. The molecular weight excluding hydrogens is 526 g/mol. The second kappa shape index (κ2) is 10.6. The summed E-state index contributed by atoms with van der Waals surface area (Å²) in [5.41, 5.74) is 1.03. The topological polar surface area (TPSA) is 95.9 Å². The van der Waals surface area contributed by atoms with Crippen molar-refractivity contribution < 1.29 is 24.5 Å². The Labute approximate surface area is 243 Å². The Kier molecular flexibility index (Phi) is 7.78. The standard InChI is InChI=1S/C33H44ClNO5/c1-17(2)29-26-14-23-19(4)33(39)25(20(5)40-31(38)30(33)37)12-7-18(3)24(23)15-32(26,6)16-27(29)35-28(36)13-21-8-10-22(34)11-9-21/h7-11,17,20,23-27,29-30,37,39H,4,12-16H2,1-3,5-6H3,(H,35,36)/b18-7-. The highest BCUT2D eigenvalue weighted by atomic mass is 35.5. The van der Waals surface area contributed by atoms with Crippen LogP contribution in [0, 0.1) is 40.9 Å². The molecule has 218 valence electrons. The maximum Gasteiger partial charge on any atom is 0.338 e. The molecule has 1 aromatic carbocycles. The van der Waals surface area contributed by atoms with Crippen LogP contribution < -0.4 is 5.32 Å². The van der Waals surface area contributed by atoms with Gasteiger partial charge in [0.25, 0.3) is 0 Å². The van der Waals surface area contributed by atoms with Crippen LogP contribution in [-0.4, -0.2) is 45.9 Å². The lowest BCUT2D eigenvalue weighted by molar-refractivity contribution is -0.209. The lowest BCUT2D eigenvalue weighted by Gasteiger charge is -2.54. The normalized spacial score (nSPS) is 42.5. The highest BCUT2D eigenvalue weighted by Gasteiger charge is 2.62. The van der Waals surface area contributed by atoms with Gasteiger partial charge in [0.2, 0.25) is 5.91 Å². The van der Waals surface area contributed by atoms with Gasteiger partial charge in [0.1, 0.15) is 11.7 Å². The second-order valence-corrected chi connectivity index (χ2v) is 14.0. The molecule has 10 unspecified atom stereocenters. The van der Waals surface area contributed by atoms with Crippen molar-refractivity contribution in [2.24, 2.45) is 40.9 Å². The van der Waals surface area contributed by atoms with Crippen LogP contribution in [0.1, 0.15) is 65.9 Å². The van der Waals surface area contributed by atoms with Crippen molar-refractivity contribution in [2.75, 3.05) is 0 Å². The maximum absolute atomic E-state index is 13.2. The first-order valence-electron chi connectivity index (χ1n) is 14.8. The third-order valence-corrected chi connectivity index (χ3v) is 11.2. The molecule has 7 heteroatoms. The van der Waals surface area contributed by atoms with Gasteiger partial charge >= 0.3 is 5.97 Å². The largest absolute Gasteiger partial charge is 0.460 e. The van der Waals surface area contributed by atoms with E-state index in [0.717, 1.165) is 24.8 Å². The van der Waals surface area contributed by atoms with Gasteiger partial charge in [-0.1, -0.05) is 62.7 Å². The quantitative estimate of drug-likeness (QED) is 0.340. The van der Waals surface area contributed by atoms with E-state index in [0.29, 0.717) is 35.3 Å². The molecular formula is C33H44ClNO5. The van der Waals surface area contributed by atoms with Gasteiger partial charge in [-0.25, -0.2) is 4.79 Å². The van der Waals surface area contributed by atoms with Crippen LogP contribution in [0.3, 0.4) is 0 Å². The Morgan fingerprint density at radius 3 is 2.52 bits per heavy atom. The number of benzene rings is 1. The van der Waals surface area contributed by atoms with Gasteiger partial charge in [-0.2, -0.15) is 0 Å². The van der Waals surface area contributed by atoms with Crippen molar-refractivity contribution in [1.82, 2.24) is 5.32 Å². The lowest BCUT2D eigenvalue weighted by atomic mass is 9.53. The predicted octanol–water partition coefficient (Wildman–Crippen LogP) is 5.25. The molecule has 10 atom stereocenters. The number of amides is 1. The van der Waals surface area contributed by atoms with Crippen LogP contribution in [0.4, 0.5) is 0 Å². The van der Waals surface area contributed by atoms with Gasteiger partial charge in [0.05, 0.1) is 6.42 Å². The zero-order chi connectivity index (χ0) is 29.1. The number of esters is 1. The number of halogens is 1. The van der Waals surface area contributed by atoms with Crippen molar-refractivity contribution in [1.29, 1.82) is 0 Å². The smallest absolute Gasteiger partial charge is 0.338 e. The summed E-state index contributed by atoms with van der Waals surface area (Å²) in [6.07, 6.45) is 3.42. The van der Waals surface area contributed by atoms with E-state index < -0.39 is 29.7 Å². The fraction of sp³-hybridized carbons (Fsp3) is 0.636. The van der Waals surface area contributed by atoms with Gasteiger partial charge in [-0.15, -0.1) is 0 Å². The van der Waals surface area contributed by atoms with Gasteiger partial charge in [-0.05, 0) is 97.8 Å². The Balaban J connectivity index is 1.44. The van der Waals surface area contributed by atoms with Crippen molar-refractivity contribution in [3.63, 3.8) is 0 Å². The Morgan fingerprint density at radius 1 is 1.20 bits per heavy atom. The highest BCUT2D eigenvalue weighted by Crippen LogP contribution is 2.63. The van der Waals surface area contributed by atoms with E-state index in [-0.39, 0.29) is 35.1 Å². The van der Waals surface area contributed by atoms with Crippen molar-refractivity contribution in [3.05, 3.63) is 58.7 Å². The van der Waals surface area contributed by atoms with Crippen molar-refractivity contribution in [2.45, 2.75) is 90.6 Å². The van der Waals surface area contributed by atoms with E-state index >= 15 is 0 Å². The molecule has 0 bridgehead atoms. The summed E-state index contributed by atoms with van der Waals surface area (Å²) < 4.78 is 5.42. The first-order chi connectivity index (χ1) is 18.8. The number of carbonyl (C=O) groups is 2. The molecule has 3 aliphatic carbocycles. The van der Waals surface area contributed by atoms with Gasteiger partial charge in [0.15, 0.2) is 6.10 Å². The Bertz CT molecular complexity index is 1210. The number of ether oxygens (including phenoxy) is 1. The highest BCUT2D eigenvalue weighted by molar-refractivity contribution is 6.30. The number of hydrogen-bond acceptors (Lipinski definition) is 5. The van der Waals surface area contributed by atoms with Gasteiger partial charge in [0, 0.05) is 17.0 Å². The number of cyclic esters (lactones) is 1. The minimum Gasteiger partial charge on any atom is -0.460 e. The minimum absolute atomic E-state index is 0.00230. The molecule has 40 heavy (non-hydrogen) atoms. The summed E-state index contributed by atoms with van der Waals surface area (Å²) in [6, 6.07) is 7.45. The number of allylic oxidation sites excluding steroid dienone is 2. The zero-order valence-electron chi connectivity index (χ0n) is 24.3. The summed E-state index contributed by atoms with van der Waals surface area (Å²) in [6.45, 7) is 15.2. The summed E-state index contributed by atoms with van der Waals surface area (Å²) in [4.78, 5) is 25.8. The number of aliphatic hydroxyl groups excluding tert-OH is 1. The monoisotopic (exact) mass is 569 g/mol. The fourth-order valence-electron chi connectivity index (χ4n) is 8.90. The molecule has 2 saturated carbocycles. The molecule has 1 heterocycles.